The molecule has 9 heteroatoms. The number of rotatable bonds is 5. The highest BCUT2D eigenvalue weighted by Crippen LogP contribution is 2.35. The van der Waals surface area contributed by atoms with Gasteiger partial charge in [0.05, 0.1) is 0 Å². The highest BCUT2D eigenvalue weighted by Gasteiger charge is 2.38. The zero-order valence-electron chi connectivity index (χ0n) is 16.2. The lowest BCUT2D eigenvalue weighted by Gasteiger charge is -2.27. The first-order valence-corrected chi connectivity index (χ1v) is 9.78. The van der Waals surface area contributed by atoms with Gasteiger partial charge in [0.15, 0.2) is 11.3 Å². The number of alkyl halides is 3. The third-order valence-corrected chi connectivity index (χ3v) is 5.14. The van der Waals surface area contributed by atoms with E-state index in [0.29, 0.717) is 18.9 Å². The van der Waals surface area contributed by atoms with Crippen LogP contribution in [-0.4, -0.2) is 39.2 Å². The van der Waals surface area contributed by atoms with Crippen molar-refractivity contribution in [2.24, 2.45) is 7.05 Å². The van der Waals surface area contributed by atoms with Crippen molar-refractivity contribution >= 4 is 23.1 Å². The number of anilines is 2. The van der Waals surface area contributed by atoms with Crippen LogP contribution in [0.4, 0.5) is 25.1 Å². The summed E-state index contributed by atoms with van der Waals surface area (Å²) < 4.78 is 42.7. The summed E-state index contributed by atoms with van der Waals surface area (Å²) in [6.07, 6.45) is -0.803. The van der Waals surface area contributed by atoms with Crippen LogP contribution in [-0.2, 0) is 19.6 Å². The summed E-state index contributed by atoms with van der Waals surface area (Å²) in [7, 11) is 1.71. The van der Waals surface area contributed by atoms with E-state index in [2.05, 4.69) is 20.3 Å². The number of hydrogen-bond acceptors (Lipinski definition) is 5. The van der Waals surface area contributed by atoms with Gasteiger partial charge in [-0.05, 0) is 31.2 Å². The van der Waals surface area contributed by atoms with Crippen LogP contribution in [0.25, 0.3) is 11.2 Å². The predicted molar refractivity (Wildman–Crippen MR) is 106 cm³/mol. The van der Waals surface area contributed by atoms with Crippen molar-refractivity contribution in [2.45, 2.75) is 31.9 Å². The molecule has 3 aromatic rings. The molecule has 0 spiro atoms. The number of aryl methyl sites for hydroxylation is 1. The molecule has 29 heavy (non-hydrogen) atoms. The van der Waals surface area contributed by atoms with E-state index in [9.17, 15) is 13.2 Å². The number of nitrogens with one attached hydrogen (secondary N) is 1. The molecule has 1 aromatic carbocycles. The SMILES string of the molecule is Cn1c(N2CCCCC2)nc2c(C(F)(F)F)nc(NCCc3ccccc3)nc21. The van der Waals surface area contributed by atoms with Crippen molar-refractivity contribution in [1.82, 2.24) is 19.5 Å². The van der Waals surface area contributed by atoms with E-state index in [1.54, 1.807) is 11.6 Å². The molecule has 0 radical (unpaired) electrons. The van der Waals surface area contributed by atoms with Gasteiger partial charge in [-0.1, -0.05) is 30.3 Å². The first-order valence-electron chi connectivity index (χ1n) is 9.78. The molecule has 1 aliphatic heterocycles. The molecule has 0 amide bonds. The van der Waals surface area contributed by atoms with E-state index in [0.717, 1.165) is 37.9 Å². The summed E-state index contributed by atoms with van der Waals surface area (Å²) in [6, 6.07) is 9.72. The third kappa shape index (κ3) is 4.13. The maximum Gasteiger partial charge on any atom is 0.435 e. The molecule has 1 aliphatic rings. The highest BCUT2D eigenvalue weighted by molar-refractivity contribution is 5.79. The van der Waals surface area contributed by atoms with Crippen LogP contribution < -0.4 is 10.2 Å². The van der Waals surface area contributed by atoms with Gasteiger partial charge in [0, 0.05) is 26.7 Å². The Balaban J connectivity index is 1.65. The second-order valence-electron chi connectivity index (χ2n) is 7.25. The number of piperidine rings is 1. The van der Waals surface area contributed by atoms with E-state index in [4.69, 9.17) is 0 Å². The van der Waals surface area contributed by atoms with E-state index >= 15 is 0 Å². The summed E-state index contributed by atoms with van der Waals surface area (Å²) in [4.78, 5) is 14.4. The Hall–Kier alpha value is -2.84. The standard InChI is InChI=1S/C20H23F3N6/c1-28-17-15(25-19(28)29-12-6-3-7-13-29)16(20(21,22)23)26-18(27-17)24-11-10-14-8-4-2-5-9-14/h2,4-5,8-9H,3,6-7,10-13H2,1H3,(H,24,26,27). The maximum absolute atomic E-state index is 13.7. The summed E-state index contributed by atoms with van der Waals surface area (Å²) >= 11 is 0. The molecule has 0 atom stereocenters. The number of fused-ring (bicyclic) bond motifs is 1. The Kier molecular flexibility index (Phi) is 5.29. The van der Waals surface area contributed by atoms with Gasteiger partial charge in [-0.15, -0.1) is 0 Å². The van der Waals surface area contributed by atoms with Gasteiger partial charge in [-0.3, -0.25) is 4.57 Å². The average molecular weight is 404 g/mol. The fourth-order valence-corrected chi connectivity index (χ4v) is 3.67. The Labute approximate surface area is 166 Å². The van der Waals surface area contributed by atoms with Crippen LogP contribution in [0.3, 0.4) is 0 Å². The van der Waals surface area contributed by atoms with Crippen molar-refractivity contribution in [1.29, 1.82) is 0 Å². The summed E-state index contributed by atoms with van der Waals surface area (Å²) in [5.41, 5.74) is 0.0814. The van der Waals surface area contributed by atoms with Gasteiger partial charge >= 0.3 is 6.18 Å². The minimum atomic E-state index is -4.61. The van der Waals surface area contributed by atoms with Crippen molar-refractivity contribution in [2.75, 3.05) is 29.9 Å². The largest absolute Gasteiger partial charge is 0.435 e. The number of hydrogen-bond donors (Lipinski definition) is 1. The molecule has 1 fully saturated rings. The van der Waals surface area contributed by atoms with Crippen LogP contribution >= 0.6 is 0 Å². The van der Waals surface area contributed by atoms with Crippen LogP contribution in [0.2, 0.25) is 0 Å². The second-order valence-corrected chi connectivity index (χ2v) is 7.25. The van der Waals surface area contributed by atoms with E-state index in [1.165, 1.54) is 0 Å². The molecule has 2 aromatic heterocycles. The van der Waals surface area contributed by atoms with Gasteiger partial charge in [0.2, 0.25) is 11.9 Å². The molecule has 0 aliphatic carbocycles. The molecule has 1 saturated heterocycles. The van der Waals surface area contributed by atoms with Crippen molar-refractivity contribution in [3.63, 3.8) is 0 Å². The van der Waals surface area contributed by atoms with Gasteiger partial charge in [0.1, 0.15) is 5.52 Å². The van der Waals surface area contributed by atoms with Crippen LogP contribution in [0.1, 0.15) is 30.5 Å². The van der Waals surface area contributed by atoms with Gasteiger partial charge < -0.3 is 10.2 Å². The Bertz CT molecular complexity index is 977. The Morgan fingerprint density at radius 1 is 1.00 bits per heavy atom. The summed E-state index contributed by atoms with van der Waals surface area (Å²) in [5.74, 6) is 0.481. The van der Waals surface area contributed by atoms with E-state index in [-0.39, 0.29) is 17.1 Å². The van der Waals surface area contributed by atoms with Crippen LogP contribution in [0.5, 0.6) is 0 Å². The number of halogens is 3. The lowest BCUT2D eigenvalue weighted by atomic mass is 10.1. The molecule has 154 valence electrons. The summed E-state index contributed by atoms with van der Waals surface area (Å²) in [6.45, 7) is 2.01. The van der Waals surface area contributed by atoms with Crippen LogP contribution in [0.15, 0.2) is 30.3 Å². The molecular weight excluding hydrogens is 381 g/mol. The van der Waals surface area contributed by atoms with Gasteiger partial charge in [-0.2, -0.15) is 18.2 Å². The zero-order valence-corrected chi connectivity index (χ0v) is 16.2. The quantitative estimate of drug-likeness (QED) is 0.696. The van der Waals surface area contributed by atoms with E-state index < -0.39 is 11.9 Å². The molecule has 0 bridgehead atoms. The Morgan fingerprint density at radius 2 is 1.72 bits per heavy atom. The molecule has 1 N–H and O–H groups in total. The number of imidazole rings is 1. The van der Waals surface area contributed by atoms with Crippen molar-refractivity contribution in [3.05, 3.63) is 41.6 Å². The molecule has 0 unspecified atom stereocenters. The predicted octanol–water partition coefficient (Wildman–Crippen LogP) is 4.03. The van der Waals surface area contributed by atoms with E-state index in [1.807, 2.05) is 35.2 Å². The average Bonchev–Trinajstić information content (AvgIpc) is 3.05. The Morgan fingerprint density at radius 3 is 2.41 bits per heavy atom. The number of benzene rings is 1. The zero-order chi connectivity index (χ0) is 20.4. The lowest BCUT2D eigenvalue weighted by molar-refractivity contribution is -0.139. The van der Waals surface area contributed by atoms with Crippen molar-refractivity contribution in [3.8, 4) is 0 Å². The van der Waals surface area contributed by atoms with Crippen LogP contribution in [0, 0.1) is 0 Å². The summed E-state index contributed by atoms with van der Waals surface area (Å²) in [5, 5.41) is 2.94. The lowest BCUT2D eigenvalue weighted by Crippen LogP contribution is -2.31. The molecule has 4 rings (SSSR count). The maximum atomic E-state index is 13.7. The first kappa shape index (κ1) is 19.5. The van der Waals surface area contributed by atoms with Crippen molar-refractivity contribution < 1.29 is 13.2 Å². The smallest absolute Gasteiger partial charge is 0.354 e. The number of nitrogens with zero attached hydrogens (tertiary/aromatic N) is 5. The molecular formula is C20H23F3N6. The molecule has 0 saturated carbocycles. The fourth-order valence-electron chi connectivity index (χ4n) is 3.67. The second kappa shape index (κ2) is 7.88. The normalized spacial score (nSPS) is 15.1. The number of aromatic nitrogens is 4. The highest BCUT2D eigenvalue weighted by atomic mass is 19.4. The third-order valence-electron chi connectivity index (χ3n) is 5.14. The first-order chi connectivity index (χ1) is 13.9. The van der Waals surface area contributed by atoms with Gasteiger partial charge in [0.25, 0.3) is 0 Å². The molecule has 3 heterocycles. The fraction of sp³-hybridized carbons (Fsp3) is 0.450. The van der Waals surface area contributed by atoms with Gasteiger partial charge in [-0.25, -0.2) is 9.97 Å². The minimum Gasteiger partial charge on any atom is -0.354 e. The minimum absolute atomic E-state index is 0.0334. The topological polar surface area (TPSA) is 58.9 Å². The molecule has 6 nitrogen and oxygen atoms in total. The monoisotopic (exact) mass is 404 g/mol.